The van der Waals surface area contributed by atoms with Crippen LogP contribution in [0.15, 0.2) is 72.8 Å². The van der Waals surface area contributed by atoms with Crippen LogP contribution in [0, 0.1) is 0 Å². The maximum atomic E-state index is 13.4. The molecule has 0 saturated carbocycles. The first-order valence-corrected chi connectivity index (χ1v) is 10.5. The van der Waals surface area contributed by atoms with E-state index in [-0.39, 0.29) is 12.5 Å². The van der Waals surface area contributed by atoms with Gasteiger partial charge in [0, 0.05) is 13.1 Å². The van der Waals surface area contributed by atoms with E-state index in [9.17, 15) is 9.59 Å². The van der Waals surface area contributed by atoms with E-state index in [1.54, 1.807) is 0 Å². The third-order valence-electron chi connectivity index (χ3n) is 5.52. The van der Waals surface area contributed by atoms with Crippen molar-refractivity contribution in [2.45, 2.75) is 31.9 Å². The summed E-state index contributed by atoms with van der Waals surface area (Å²) in [4.78, 5) is 27.9. The van der Waals surface area contributed by atoms with Crippen molar-refractivity contribution in [2.75, 3.05) is 13.1 Å². The molecular formula is C25H26N2O3. The molecule has 154 valence electrons. The van der Waals surface area contributed by atoms with Gasteiger partial charge in [-0.1, -0.05) is 72.8 Å². The number of hydrogen-bond acceptors (Lipinski definition) is 3. The number of ether oxygens (including phenoxy) is 1. The van der Waals surface area contributed by atoms with E-state index in [0.717, 1.165) is 54.3 Å². The fourth-order valence-corrected chi connectivity index (χ4v) is 3.95. The van der Waals surface area contributed by atoms with Crippen LogP contribution in [0.3, 0.4) is 0 Å². The summed E-state index contributed by atoms with van der Waals surface area (Å²) in [5.74, 6) is -0.0808. The molecule has 0 spiro atoms. The van der Waals surface area contributed by atoms with E-state index < -0.39 is 12.1 Å². The molecule has 0 aliphatic carbocycles. The number of nitrogens with zero attached hydrogens (tertiary/aromatic N) is 1. The summed E-state index contributed by atoms with van der Waals surface area (Å²) >= 11 is 0. The highest BCUT2D eigenvalue weighted by atomic mass is 16.5. The topological polar surface area (TPSA) is 58.6 Å². The van der Waals surface area contributed by atoms with E-state index in [1.165, 1.54) is 0 Å². The summed E-state index contributed by atoms with van der Waals surface area (Å²) in [5.41, 5.74) is 1.69. The fourth-order valence-electron chi connectivity index (χ4n) is 3.95. The number of carbonyl (C=O) groups is 2. The van der Waals surface area contributed by atoms with Gasteiger partial charge >= 0.3 is 6.09 Å². The zero-order chi connectivity index (χ0) is 20.8. The fraction of sp³-hybridized carbons (Fsp3) is 0.280. The van der Waals surface area contributed by atoms with E-state index in [4.69, 9.17) is 4.74 Å². The molecule has 1 saturated heterocycles. The predicted molar refractivity (Wildman–Crippen MR) is 117 cm³/mol. The molecular weight excluding hydrogens is 376 g/mol. The molecule has 4 rings (SSSR count). The molecule has 0 bridgehead atoms. The molecule has 2 amide bonds. The first-order valence-electron chi connectivity index (χ1n) is 10.5. The van der Waals surface area contributed by atoms with Gasteiger partial charge in [-0.3, -0.25) is 4.79 Å². The Kier molecular flexibility index (Phi) is 6.28. The van der Waals surface area contributed by atoms with Crippen LogP contribution in [0.5, 0.6) is 0 Å². The van der Waals surface area contributed by atoms with Gasteiger partial charge in [-0.15, -0.1) is 0 Å². The number of benzene rings is 3. The smallest absolute Gasteiger partial charge is 0.408 e. The quantitative estimate of drug-likeness (QED) is 0.666. The molecule has 5 nitrogen and oxygen atoms in total. The van der Waals surface area contributed by atoms with Crippen LogP contribution < -0.4 is 5.32 Å². The van der Waals surface area contributed by atoms with Gasteiger partial charge in [0.05, 0.1) is 0 Å². The van der Waals surface area contributed by atoms with Crippen LogP contribution in [-0.4, -0.2) is 30.0 Å². The Morgan fingerprint density at radius 2 is 1.57 bits per heavy atom. The number of fused-ring (bicyclic) bond motifs is 1. The van der Waals surface area contributed by atoms with Gasteiger partial charge in [0.15, 0.2) is 0 Å². The van der Waals surface area contributed by atoms with E-state index in [1.807, 2.05) is 77.7 Å². The number of carbonyl (C=O) groups excluding carboxylic acids is 2. The molecule has 1 aliphatic heterocycles. The van der Waals surface area contributed by atoms with Gasteiger partial charge in [-0.05, 0) is 41.2 Å². The van der Waals surface area contributed by atoms with Crippen molar-refractivity contribution in [3.8, 4) is 0 Å². The van der Waals surface area contributed by atoms with Crippen LogP contribution in [-0.2, 0) is 16.1 Å². The number of piperidine rings is 1. The average Bonchev–Trinajstić information content (AvgIpc) is 2.82. The average molecular weight is 402 g/mol. The van der Waals surface area contributed by atoms with Gasteiger partial charge in [0.1, 0.15) is 12.6 Å². The maximum absolute atomic E-state index is 13.4. The summed E-state index contributed by atoms with van der Waals surface area (Å²) in [7, 11) is 0. The predicted octanol–water partition coefficient (Wildman–Crippen LogP) is 4.82. The highest BCUT2D eigenvalue weighted by Crippen LogP contribution is 2.27. The number of hydrogen-bond donors (Lipinski definition) is 1. The molecule has 0 aromatic heterocycles. The first kappa shape index (κ1) is 20.0. The van der Waals surface area contributed by atoms with Crippen molar-refractivity contribution in [3.63, 3.8) is 0 Å². The lowest BCUT2D eigenvalue weighted by Gasteiger charge is -2.31. The van der Waals surface area contributed by atoms with Crippen molar-refractivity contribution in [2.24, 2.45) is 0 Å². The van der Waals surface area contributed by atoms with Gasteiger partial charge in [0.25, 0.3) is 0 Å². The number of rotatable bonds is 5. The molecule has 30 heavy (non-hydrogen) atoms. The SMILES string of the molecule is O=C(N[C@@H](C(=O)N1CCCCC1)c1cccc2ccccc12)OCc1ccccc1. The maximum Gasteiger partial charge on any atom is 0.408 e. The van der Waals surface area contributed by atoms with Gasteiger partial charge < -0.3 is 15.0 Å². The second-order valence-corrected chi connectivity index (χ2v) is 7.59. The Morgan fingerprint density at radius 3 is 2.37 bits per heavy atom. The molecule has 1 heterocycles. The lowest BCUT2D eigenvalue weighted by molar-refractivity contribution is -0.134. The summed E-state index contributed by atoms with van der Waals surface area (Å²) in [5, 5.41) is 4.83. The summed E-state index contributed by atoms with van der Waals surface area (Å²) in [6, 6.07) is 22.5. The molecule has 3 aromatic carbocycles. The molecule has 0 unspecified atom stereocenters. The molecule has 0 radical (unpaired) electrons. The minimum absolute atomic E-state index is 0.0808. The first-order chi connectivity index (χ1) is 14.7. The molecule has 1 aliphatic rings. The monoisotopic (exact) mass is 402 g/mol. The lowest BCUT2D eigenvalue weighted by Crippen LogP contribution is -2.45. The van der Waals surface area contributed by atoms with Crippen molar-refractivity contribution in [3.05, 3.63) is 83.9 Å². The largest absolute Gasteiger partial charge is 0.445 e. The minimum Gasteiger partial charge on any atom is -0.445 e. The molecule has 1 N–H and O–H groups in total. The van der Waals surface area contributed by atoms with Gasteiger partial charge in [0.2, 0.25) is 5.91 Å². The van der Waals surface area contributed by atoms with Crippen molar-refractivity contribution in [1.82, 2.24) is 10.2 Å². The zero-order valence-electron chi connectivity index (χ0n) is 16.9. The summed E-state index contributed by atoms with van der Waals surface area (Å²) in [6.07, 6.45) is 2.52. The Hall–Kier alpha value is -3.34. The third-order valence-corrected chi connectivity index (χ3v) is 5.52. The highest BCUT2D eigenvalue weighted by molar-refractivity contribution is 5.94. The minimum atomic E-state index is -0.780. The van der Waals surface area contributed by atoms with Crippen LogP contribution in [0.25, 0.3) is 10.8 Å². The summed E-state index contributed by atoms with van der Waals surface area (Å²) < 4.78 is 5.41. The lowest BCUT2D eigenvalue weighted by atomic mass is 9.97. The Morgan fingerprint density at radius 1 is 0.867 bits per heavy atom. The van der Waals surface area contributed by atoms with E-state index in [2.05, 4.69) is 5.32 Å². The molecule has 1 fully saturated rings. The van der Waals surface area contributed by atoms with Gasteiger partial charge in [-0.2, -0.15) is 0 Å². The van der Waals surface area contributed by atoms with Crippen LogP contribution >= 0.6 is 0 Å². The number of amides is 2. The van der Waals surface area contributed by atoms with Crippen LogP contribution in [0.2, 0.25) is 0 Å². The van der Waals surface area contributed by atoms with Crippen molar-refractivity contribution < 1.29 is 14.3 Å². The van der Waals surface area contributed by atoms with Crippen LogP contribution in [0.1, 0.15) is 36.4 Å². The van der Waals surface area contributed by atoms with Crippen LogP contribution in [0.4, 0.5) is 4.79 Å². The Bertz CT molecular complexity index is 1010. The second kappa shape index (κ2) is 9.44. The number of likely N-dealkylation sites (tertiary alicyclic amines) is 1. The van der Waals surface area contributed by atoms with E-state index >= 15 is 0 Å². The Balaban J connectivity index is 1.58. The van der Waals surface area contributed by atoms with Gasteiger partial charge in [-0.25, -0.2) is 4.79 Å². The normalized spacial score (nSPS) is 14.9. The molecule has 5 heteroatoms. The van der Waals surface area contributed by atoms with E-state index in [0.29, 0.717) is 0 Å². The number of nitrogens with one attached hydrogen (secondary N) is 1. The standard InChI is InChI=1S/C25H26N2O3/c28-24(27-16-7-2-8-17-27)23(22-15-9-13-20-12-5-6-14-21(20)22)26-25(29)30-18-19-10-3-1-4-11-19/h1,3-6,9-15,23H,2,7-8,16-18H2,(H,26,29)/t23-/m1/s1. The molecule has 1 atom stereocenters. The second-order valence-electron chi connectivity index (χ2n) is 7.59. The zero-order valence-corrected chi connectivity index (χ0v) is 16.9. The van der Waals surface area contributed by atoms with Crippen molar-refractivity contribution in [1.29, 1.82) is 0 Å². The van der Waals surface area contributed by atoms with Crippen molar-refractivity contribution >= 4 is 22.8 Å². The highest BCUT2D eigenvalue weighted by Gasteiger charge is 2.30. The summed E-state index contributed by atoms with van der Waals surface area (Å²) in [6.45, 7) is 1.61. The third kappa shape index (κ3) is 4.62. The Labute approximate surface area is 176 Å². The molecule has 3 aromatic rings. The number of alkyl carbamates (subject to hydrolysis) is 1.